The lowest BCUT2D eigenvalue weighted by Gasteiger charge is -2.17. The van der Waals surface area contributed by atoms with Crippen LogP contribution in [-0.4, -0.2) is 39.6 Å². The van der Waals surface area contributed by atoms with E-state index in [-0.39, 0.29) is 11.5 Å². The summed E-state index contributed by atoms with van der Waals surface area (Å²) < 4.78 is 0. The molecule has 128 valence electrons. The van der Waals surface area contributed by atoms with Gasteiger partial charge in [-0.1, -0.05) is 18.7 Å². The van der Waals surface area contributed by atoms with Gasteiger partial charge in [0.05, 0.1) is 11.1 Å². The first-order valence-electron chi connectivity index (χ1n) is 8.57. The first-order valence-corrected chi connectivity index (χ1v) is 10.4. The summed E-state index contributed by atoms with van der Waals surface area (Å²) in [5, 5.41) is 1.34. The SMILES string of the molecule is C[C@H]1CCc2c(sc3nc(SCC(=O)N4CCCC4)[nH]c(=O)c23)C1. The number of fused-ring (bicyclic) bond motifs is 3. The number of amides is 1. The van der Waals surface area contributed by atoms with Crippen LogP contribution in [0, 0.1) is 5.92 Å². The fraction of sp³-hybridized carbons (Fsp3) is 0.588. The Morgan fingerprint density at radius 2 is 2.21 bits per heavy atom. The van der Waals surface area contributed by atoms with Crippen molar-refractivity contribution in [2.75, 3.05) is 18.8 Å². The molecule has 4 rings (SSSR count). The number of hydrogen-bond acceptors (Lipinski definition) is 5. The molecule has 1 amide bonds. The van der Waals surface area contributed by atoms with Crippen LogP contribution in [0.25, 0.3) is 10.2 Å². The molecule has 0 unspecified atom stereocenters. The molecule has 1 saturated heterocycles. The maximum Gasteiger partial charge on any atom is 0.260 e. The fourth-order valence-electron chi connectivity index (χ4n) is 3.59. The van der Waals surface area contributed by atoms with Crippen LogP contribution in [0.4, 0.5) is 0 Å². The quantitative estimate of drug-likeness (QED) is 0.673. The molecule has 24 heavy (non-hydrogen) atoms. The number of nitrogens with zero attached hydrogens (tertiary/aromatic N) is 2. The summed E-state index contributed by atoms with van der Waals surface area (Å²) >= 11 is 2.99. The molecule has 0 aromatic carbocycles. The average Bonchev–Trinajstić information content (AvgIpc) is 3.19. The van der Waals surface area contributed by atoms with Crippen LogP contribution in [0.15, 0.2) is 9.95 Å². The van der Waals surface area contributed by atoms with Gasteiger partial charge in [-0.25, -0.2) is 4.98 Å². The zero-order valence-electron chi connectivity index (χ0n) is 13.8. The predicted molar refractivity (Wildman–Crippen MR) is 98.0 cm³/mol. The Hall–Kier alpha value is -1.34. The second-order valence-corrected chi connectivity index (χ2v) is 8.83. The molecule has 0 spiro atoms. The van der Waals surface area contributed by atoms with Gasteiger partial charge in [0.1, 0.15) is 4.83 Å². The van der Waals surface area contributed by atoms with Gasteiger partial charge in [0, 0.05) is 18.0 Å². The Kier molecular flexibility index (Phi) is 4.39. The number of aromatic amines is 1. The lowest BCUT2D eigenvalue weighted by Crippen LogP contribution is -2.29. The number of H-pyrrole nitrogens is 1. The molecule has 5 nitrogen and oxygen atoms in total. The molecule has 2 aromatic rings. The minimum atomic E-state index is -0.0526. The molecule has 0 bridgehead atoms. The highest BCUT2D eigenvalue weighted by atomic mass is 32.2. The van der Waals surface area contributed by atoms with Gasteiger partial charge in [-0.2, -0.15) is 0 Å². The fourth-order valence-corrected chi connectivity index (χ4v) is 5.79. The molecule has 7 heteroatoms. The smallest absolute Gasteiger partial charge is 0.260 e. The number of thioether (sulfide) groups is 1. The molecule has 3 heterocycles. The minimum Gasteiger partial charge on any atom is -0.342 e. The van der Waals surface area contributed by atoms with E-state index in [1.54, 1.807) is 11.3 Å². The number of likely N-dealkylation sites (tertiary alicyclic amines) is 1. The van der Waals surface area contributed by atoms with Gasteiger partial charge in [0.25, 0.3) is 5.56 Å². The summed E-state index contributed by atoms with van der Waals surface area (Å²) in [6.07, 6.45) is 5.35. The van der Waals surface area contributed by atoms with E-state index in [4.69, 9.17) is 0 Å². The van der Waals surface area contributed by atoms with Crippen molar-refractivity contribution in [3.63, 3.8) is 0 Å². The van der Waals surface area contributed by atoms with E-state index in [0.29, 0.717) is 16.8 Å². The summed E-state index contributed by atoms with van der Waals surface area (Å²) in [5.74, 6) is 1.16. The van der Waals surface area contributed by atoms with Crippen LogP contribution in [0.5, 0.6) is 0 Å². The Labute approximate surface area is 148 Å². The van der Waals surface area contributed by atoms with E-state index >= 15 is 0 Å². The highest BCUT2D eigenvalue weighted by Gasteiger charge is 2.23. The van der Waals surface area contributed by atoms with Crippen molar-refractivity contribution in [1.29, 1.82) is 0 Å². The number of aryl methyl sites for hydroxylation is 1. The molecule has 1 aliphatic heterocycles. The van der Waals surface area contributed by atoms with Crippen molar-refractivity contribution in [2.24, 2.45) is 5.92 Å². The third-order valence-electron chi connectivity index (χ3n) is 4.93. The molecule has 0 saturated carbocycles. The monoisotopic (exact) mass is 363 g/mol. The van der Waals surface area contributed by atoms with Gasteiger partial charge in [-0.05, 0) is 43.6 Å². The topological polar surface area (TPSA) is 66.1 Å². The van der Waals surface area contributed by atoms with Crippen LogP contribution >= 0.6 is 23.1 Å². The van der Waals surface area contributed by atoms with E-state index < -0.39 is 0 Å². The Morgan fingerprint density at radius 3 is 3.00 bits per heavy atom. The van der Waals surface area contributed by atoms with Crippen molar-refractivity contribution in [2.45, 2.75) is 44.2 Å². The Morgan fingerprint density at radius 1 is 1.42 bits per heavy atom. The summed E-state index contributed by atoms with van der Waals surface area (Å²) in [7, 11) is 0. The highest BCUT2D eigenvalue weighted by molar-refractivity contribution is 7.99. The number of rotatable bonds is 3. The predicted octanol–water partition coefficient (Wildman–Crippen LogP) is 2.82. The average molecular weight is 364 g/mol. The minimum absolute atomic E-state index is 0.0526. The van der Waals surface area contributed by atoms with Gasteiger partial charge in [-0.15, -0.1) is 11.3 Å². The molecule has 1 aliphatic carbocycles. The van der Waals surface area contributed by atoms with Crippen molar-refractivity contribution in [3.8, 4) is 0 Å². The third kappa shape index (κ3) is 2.99. The van der Waals surface area contributed by atoms with Crippen LogP contribution in [0.1, 0.15) is 36.6 Å². The summed E-state index contributed by atoms with van der Waals surface area (Å²) in [6, 6.07) is 0. The van der Waals surface area contributed by atoms with E-state index in [1.165, 1.54) is 22.2 Å². The summed E-state index contributed by atoms with van der Waals surface area (Å²) in [4.78, 5) is 36.2. The second-order valence-electron chi connectivity index (χ2n) is 6.78. The zero-order chi connectivity index (χ0) is 16.7. The van der Waals surface area contributed by atoms with Crippen molar-refractivity contribution >= 4 is 39.2 Å². The standard InChI is InChI=1S/C17H21N3O2S2/c1-10-4-5-11-12(8-10)24-16-14(11)15(22)18-17(19-16)23-9-13(21)20-6-2-3-7-20/h10H,2-9H2,1H3,(H,18,19,22)/t10-/m0/s1. The molecule has 1 fully saturated rings. The first kappa shape index (κ1) is 16.1. The van der Waals surface area contributed by atoms with E-state index in [2.05, 4.69) is 16.9 Å². The molecule has 2 aliphatic rings. The van der Waals surface area contributed by atoms with Crippen molar-refractivity contribution < 1.29 is 4.79 Å². The van der Waals surface area contributed by atoms with Gasteiger partial charge < -0.3 is 9.88 Å². The molecule has 1 atom stereocenters. The van der Waals surface area contributed by atoms with Crippen molar-refractivity contribution in [3.05, 3.63) is 20.8 Å². The van der Waals surface area contributed by atoms with Gasteiger partial charge in [0.2, 0.25) is 5.91 Å². The molecular formula is C17H21N3O2S2. The van der Waals surface area contributed by atoms with E-state index in [9.17, 15) is 9.59 Å². The van der Waals surface area contributed by atoms with Crippen molar-refractivity contribution in [1.82, 2.24) is 14.9 Å². The lowest BCUT2D eigenvalue weighted by molar-refractivity contribution is -0.127. The Balaban J connectivity index is 1.56. The van der Waals surface area contributed by atoms with Crippen LogP contribution in [0.3, 0.4) is 0 Å². The second kappa shape index (κ2) is 6.52. The molecule has 2 aromatic heterocycles. The van der Waals surface area contributed by atoms with Gasteiger partial charge in [0.15, 0.2) is 5.16 Å². The van der Waals surface area contributed by atoms with E-state index in [0.717, 1.165) is 55.4 Å². The van der Waals surface area contributed by atoms with E-state index in [1.807, 2.05) is 4.90 Å². The molecule has 1 N–H and O–H groups in total. The number of hydrogen-bond donors (Lipinski definition) is 1. The van der Waals surface area contributed by atoms with Crippen LogP contribution in [-0.2, 0) is 17.6 Å². The van der Waals surface area contributed by atoms with Gasteiger partial charge >= 0.3 is 0 Å². The lowest BCUT2D eigenvalue weighted by atomic mass is 9.89. The van der Waals surface area contributed by atoms with Crippen LogP contribution in [0.2, 0.25) is 0 Å². The number of aromatic nitrogens is 2. The number of nitrogens with one attached hydrogen (secondary N) is 1. The third-order valence-corrected chi connectivity index (χ3v) is 6.94. The maximum absolute atomic E-state index is 12.5. The maximum atomic E-state index is 12.5. The number of carbonyl (C=O) groups is 1. The molecular weight excluding hydrogens is 342 g/mol. The van der Waals surface area contributed by atoms with Crippen LogP contribution < -0.4 is 5.56 Å². The van der Waals surface area contributed by atoms with Gasteiger partial charge in [-0.3, -0.25) is 9.59 Å². The zero-order valence-corrected chi connectivity index (χ0v) is 15.4. The summed E-state index contributed by atoms with van der Waals surface area (Å²) in [6.45, 7) is 3.98. The number of carbonyl (C=O) groups excluding carboxylic acids is 1. The first-order chi connectivity index (χ1) is 11.6. The highest BCUT2D eigenvalue weighted by Crippen LogP contribution is 2.36. The normalized spacial score (nSPS) is 20.5. The molecule has 0 radical (unpaired) electrons. The Bertz CT molecular complexity index is 836. The largest absolute Gasteiger partial charge is 0.342 e. The summed E-state index contributed by atoms with van der Waals surface area (Å²) in [5.41, 5.74) is 1.15. The number of thiophene rings is 1.